The highest BCUT2D eigenvalue weighted by molar-refractivity contribution is 5.50. The Morgan fingerprint density at radius 2 is 2.00 bits per heavy atom. The normalized spacial score (nSPS) is 17.4. The summed E-state index contributed by atoms with van der Waals surface area (Å²) >= 11 is 0. The fourth-order valence-corrected chi connectivity index (χ4v) is 3.52. The molecule has 1 saturated carbocycles. The first kappa shape index (κ1) is 15.9. The molecule has 3 aromatic heterocycles. The average Bonchev–Trinajstić information content (AvgIpc) is 3.02. The van der Waals surface area contributed by atoms with Gasteiger partial charge in [-0.05, 0) is 25.0 Å². The smallest absolute Gasteiger partial charge is 0.178 e. The molecule has 0 N–H and O–H groups in total. The van der Waals surface area contributed by atoms with Crippen LogP contribution in [0.4, 0.5) is 11.6 Å². The zero-order valence-corrected chi connectivity index (χ0v) is 15.0. The molecule has 0 unspecified atom stereocenters. The van der Waals surface area contributed by atoms with Gasteiger partial charge < -0.3 is 9.80 Å². The summed E-state index contributed by atoms with van der Waals surface area (Å²) in [5.74, 6) is 3.19. The van der Waals surface area contributed by atoms with E-state index in [1.165, 1.54) is 25.5 Å². The number of rotatable bonds is 4. The number of anilines is 2. The summed E-state index contributed by atoms with van der Waals surface area (Å²) in [6.07, 6.45) is 6.76. The SMILES string of the molecule is CN(c1cnc(C#N)cn1)C1CN(c2ccc3nnc(C4CCC4)n3n2)C1. The van der Waals surface area contributed by atoms with Crippen molar-refractivity contribution in [3.8, 4) is 6.07 Å². The lowest BCUT2D eigenvalue weighted by atomic mass is 9.85. The van der Waals surface area contributed by atoms with Gasteiger partial charge in [0.15, 0.2) is 17.2 Å². The zero-order chi connectivity index (χ0) is 18.4. The van der Waals surface area contributed by atoms with E-state index in [0.29, 0.717) is 17.7 Å². The molecule has 9 nitrogen and oxygen atoms in total. The summed E-state index contributed by atoms with van der Waals surface area (Å²) in [6, 6.07) is 6.31. The average molecular weight is 361 g/mol. The van der Waals surface area contributed by atoms with Gasteiger partial charge in [0.05, 0.1) is 18.4 Å². The first-order chi connectivity index (χ1) is 13.2. The molecule has 2 aliphatic rings. The number of likely N-dealkylation sites (N-methyl/N-ethyl adjacent to an activating group) is 1. The molecule has 136 valence electrons. The Kier molecular flexibility index (Phi) is 3.63. The lowest BCUT2D eigenvalue weighted by Gasteiger charge is -2.44. The molecule has 0 radical (unpaired) electrons. The molecule has 0 amide bonds. The molecular weight excluding hydrogens is 342 g/mol. The van der Waals surface area contributed by atoms with Crippen LogP contribution in [0.15, 0.2) is 24.5 Å². The van der Waals surface area contributed by atoms with Crippen LogP contribution in [0.2, 0.25) is 0 Å². The summed E-state index contributed by atoms with van der Waals surface area (Å²) in [6.45, 7) is 1.72. The summed E-state index contributed by atoms with van der Waals surface area (Å²) in [5.41, 5.74) is 1.14. The standard InChI is InChI=1S/C18H19N9/c1-25(17-9-20-13(7-19)8-21-17)14-10-26(11-14)16-6-5-15-22-23-18(27(15)24-16)12-3-2-4-12/h5-6,8-9,12,14H,2-4,10-11H2,1H3. The van der Waals surface area contributed by atoms with Crippen LogP contribution in [-0.2, 0) is 0 Å². The van der Waals surface area contributed by atoms with E-state index in [-0.39, 0.29) is 0 Å². The fraction of sp³-hybridized carbons (Fsp3) is 0.444. The molecule has 5 rings (SSSR count). The number of nitriles is 1. The Balaban J connectivity index is 1.30. The van der Waals surface area contributed by atoms with E-state index < -0.39 is 0 Å². The van der Waals surface area contributed by atoms with Crippen LogP contribution >= 0.6 is 0 Å². The predicted molar refractivity (Wildman–Crippen MR) is 98.5 cm³/mol. The highest BCUT2D eigenvalue weighted by Gasteiger charge is 2.32. The van der Waals surface area contributed by atoms with Crippen molar-refractivity contribution in [1.82, 2.24) is 29.8 Å². The van der Waals surface area contributed by atoms with Crippen LogP contribution in [0.25, 0.3) is 5.65 Å². The molecule has 27 heavy (non-hydrogen) atoms. The van der Waals surface area contributed by atoms with Crippen molar-refractivity contribution in [2.75, 3.05) is 29.9 Å². The monoisotopic (exact) mass is 361 g/mol. The van der Waals surface area contributed by atoms with Gasteiger partial charge in [-0.1, -0.05) is 6.42 Å². The van der Waals surface area contributed by atoms with E-state index in [0.717, 1.165) is 36.2 Å². The minimum absolute atomic E-state index is 0.330. The Bertz CT molecular complexity index is 1010. The molecule has 4 heterocycles. The van der Waals surface area contributed by atoms with E-state index >= 15 is 0 Å². The second kappa shape index (κ2) is 6.16. The lowest BCUT2D eigenvalue weighted by Crippen LogP contribution is -2.59. The van der Waals surface area contributed by atoms with Crippen LogP contribution in [0, 0.1) is 11.3 Å². The molecule has 0 bridgehead atoms. The quantitative estimate of drug-likeness (QED) is 0.687. The van der Waals surface area contributed by atoms with Crippen molar-refractivity contribution in [3.05, 3.63) is 36.0 Å². The first-order valence-electron chi connectivity index (χ1n) is 9.15. The van der Waals surface area contributed by atoms with Crippen molar-refractivity contribution in [1.29, 1.82) is 5.26 Å². The van der Waals surface area contributed by atoms with Crippen LogP contribution < -0.4 is 9.80 Å². The third kappa shape index (κ3) is 2.65. The van der Waals surface area contributed by atoms with Gasteiger partial charge in [-0.3, -0.25) is 0 Å². The summed E-state index contributed by atoms with van der Waals surface area (Å²) < 4.78 is 1.91. The van der Waals surface area contributed by atoms with Gasteiger partial charge in [-0.15, -0.1) is 15.3 Å². The van der Waals surface area contributed by atoms with Gasteiger partial charge >= 0.3 is 0 Å². The Hall–Kier alpha value is -3.28. The van der Waals surface area contributed by atoms with E-state index in [1.54, 1.807) is 6.20 Å². The second-order valence-corrected chi connectivity index (χ2v) is 7.19. The maximum atomic E-state index is 8.84. The largest absolute Gasteiger partial charge is 0.352 e. The van der Waals surface area contributed by atoms with Crippen LogP contribution in [-0.4, -0.2) is 56.0 Å². The van der Waals surface area contributed by atoms with Gasteiger partial charge in [0, 0.05) is 26.1 Å². The zero-order valence-electron chi connectivity index (χ0n) is 15.0. The third-order valence-corrected chi connectivity index (χ3v) is 5.59. The maximum Gasteiger partial charge on any atom is 0.178 e. The van der Waals surface area contributed by atoms with Gasteiger partial charge in [0.25, 0.3) is 0 Å². The highest BCUT2D eigenvalue weighted by Crippen LogP contribution is 2.35. The molecule has 9 heteroatoms. The number of fused-ring (bicyclic) bond motifs is 1. The van der Waals surface area contributed by atoms with Gasteiger partial charge in [-0.2, -0.15) is 9.78 Å². The summed E-state index contributed by atoms with van der Waals surface area (Å²) in [7, 11) is 2.00. The van der Waals surface area contributed by atoms with Crippen LogP contribution in [0.1, 0.15) is 36.7 Å². The molecule has 1 saturated heterocycles. The molecule has 0 spiro atoms. The molecule has 1 aliphatic heterocycles. The van der Waals surface area contributed by atoms with Gasteiger partial charge in [-0.25, -0.2) is 9.97 Å². The Labute approximate surface area is 156 Å². The number of aromatic nitrogens is 6. The molecule has 3 aromatic rings. The number of hydrogen-bond acceptors (Lipinski definition) is 8. The van der Waals surface area contributed by atoms with Crippen molar-refractivity contribution in [2.45, 2.75) is 31.2 Å². The number of nitrogens with zero attached hydrogens (tertiary/aromatic N) is 9. The fourth-order valence-electron chi connectivity index (χ4n) is 3.52. The van der Waals surface area contributed by atoms with Crippen LogP contribution in [0.3, 0.4) is 0 Å². The lowest BCUT2D eigenvalue weighted by molar-refractivity contribution is 0.394. The minimum atomic E-state index is 0.330. The first-order valence-corrected chi connectivity index (χ1v) is 9.15. The van der Waals surface area contributed by atoms with Crippen molar-refractivity contribution in [2.24, 2.45) is 0 Å². The van der Waals surface area contributed by atoms with Crippen molar-refractivity contribution >= 4 is 17.3 Å². The van der Waals surface area contributed by atoms with E-state index in [4.69, 9.17) is 10.4 Å². The highest BCUT2D eigenvalue weighted by atomic mass is 15.4. The maximum absolute atomic E-state index is 8.84. The van der Waals surface area contributed by atoms with E-state index in [9.17, 15) is 0 Å². The predicted octanol–water partition coefficient (Wildman–Crippen LogP) is 1.38. The van der Waals surface area contributed by atoms with Gasteiger partial charge in [0.1, 0.15) is 17.7 Å². The Morgan fingerprint density at radius 3 is 2.67 bits per heavy atom. The van der Waals surface area contributed by atoms with Crippen molar-refractivity contribution < 1.29 is 0 Å². The minimum Gasteiger partial charge on any atom is -0.352 e. The Morgan fingerprint density at radius 1 is 1.15 bits per heavy atom. The van der Waals surface area contributed by atoms with Crippen LogP contribution in [0.5, 0.6) is 0 Å². The summed E-state index contributed by atoms with van der Waals surface area (Å²) in [4.78, 5) is 12.8. The van der Waals surface area contributed by atoms with E-state index in [2.05, 4.69) is 30.0 Å². The molecule has 0 atom stereocenters. The van der Waals surface area contributed by atoms with E-state index in [1.807, 2.05) is 29.8 Å². The number of hydrogen-bond donors (Lipinski definition) is 0. The van der Waals surface area contributed by atoms with Gasteiger partial charge in [0.2, 0.25) is 0 Å². The third-order valence-electron chi connectivity index (χ3n) is 5.59. The molecule has 1 aliphatic carbocycles. The molecule has 0 aromatic carbocycles. The topological polar surface area (TPSA) is 99.1 Å². The second-order valence-electron chi connectivity index (χ2n) is 7.19. The molecule has 2 fully saturated rings. The summed E-state index contributed by atoms with van der Waals surface area (Å²) in [5, 5.41) is 22.2. The molecular formula is C18H19N9. The van der Waals surface area contributed by atoms with Crippen molar-refractivity contribution in [3.63, 3.8) is 0 Å².